The normalized spacial score (nSPS) is 9.71. The molecule has 0 radical (unpaired) electrons. The van der Waals surface area contributed by atoms with Crippen LogP contribution in [0.15, 0.2) is 42.5 Å². The first-order valence-electron chi connectivity index (χ1n) is 6.07. The number of nitriles is 1. The molecule has 0 amide bonds. The highest BCUT2D eigenvalue weighted by Crippen LogP contribution is 2.24. The van der Waals surface area contributed by atoms with E-state index in [-0.39, 0.29) is 12.3 Å². The minimum absolute atomic E-state index is 0.0567. The van der Waals surface area contributed by atoms with Gasteiger partial charge in [-0.3, -0.25) is 10.1 Å². The number of nitrogens with zero attached hydrogens (tertiary/aromatic N) is 2. The molecule has 0 aliphatic heterocycles. The van der Waals surface area contributed by atoms with E-state index in [1.807, 2.05) is 6.07 Å². The van der Waals surface area contributed by atoms with Gasteiger partial charge in [0, 0.05) is 6.07 Å². The Labute approximate surface area is 121 Å². The van der Waals surface area contributed by atoms with Crippen LogP contribution in [0.3, 0.4) is 0 Å². The number of benzene rings is 2. The standard InChI is InChI=1S/C15H12N2O4/c1-20-15-7-12(5-13(8-15)17(18)19)10-21-14-4-2-3-11(6-14)9-16/h2-8H,10H2,1H3. The fourth-order valence-corrected chi connectivity index (χ4v) is 1.77. The summed E-state index contributed by atoms with van der Waals surface area (Å²) in [7, 11) is 1.44. The average molecular weight is 284 g/mol. The van der Waals surface area contributed by atoms with E-state index in [0.29, 0.717) is 22.6 Å². The Morgan fingerprint density at radius 3 is 2.71 bits per heavy atom. The maximum atomic E-state index is 10.9. The molecular weight excluding hydrogens is 272 g/mol. The lowest BCUT2D eigenvalue weighted by Crippen LogP contribution is -1.98. The highest BCUT2D eigenvalue weighted by atomic mass is 16.6. The van der Waals surface area contributed by atoms with Crippen LogP contribution in [-0.4, -0.2) is 12.0 Å². The molecule has 0 fully saturated rings. The number of ether oxygens (including phenoxy) is 2. The molecule has 21 heavy (non-hydrogen) atoms. The van der Waals surface area contributed by atoms with Crippen molar-refractivity contribution in [1.82, 2.24) is 0 Å². The molecular formula is C15H12N2O4. The van der Waals surface area contributed by atoms with E-state index in [4.69, 9.17) is 14.7 Å². The lowest BCUT2D eigenvalue weighted by molar-refractivity contribution is -0.385. The number of non-ortho nitro benzene ring substituents is 1. The number of nitro benzene ring substituents is 1. The summed E-state index contributed by atoms with van der Waals surface area (Å²) in [6, 6.07) is 13.2. The second kappa shape index (κ2) is 6.39. The highest BCUT2D eigenvalue weighted by Gasteiger charge is 2.10. The first-order valence-corrected chi connectivity index (χ1v) is 6.07. The van der Waals surface area contributed by atoms with Crippen molar-refractivity contribution < 1.29 is 14.4 Å². The average Bonchev–Trinajstić information content (AvgIpc) is 2.52. The third kappa shape index (κ3) is 3.70. The molecule has 0 unspecified atom stereocenters. The van der Waals surface area contributed by atoms with Gasteiger partial charge in [-0.15, -0.1) is 0 Å². The minimum atomic E-state index is -0.484. The molecule has 6 nitrogen and oxygen atoms in total. The van der Waals surface area contributed by atoms with Crippen LogP contribution in [0.4, 0.5) is 5.69 Å². The van der Waals surface area contributed by atoms with Crippen molar-refractivity contribution in [1.29, 1.82) is 5.26 Å². The zero-order valence-corrected chi connectivity index (χ0v) is 11.3. The van der Waals surface area contributed by atoms with Crippen molar-refractivity contribution in [2.24, 2.45) is 0 Å². The molecule has 6 heteroatoms. The summed E-state index contributed by atoms with van der Waals surface area (Å²) in [6.45, 7) is 0.146. The Morgan fingerprint density at radius 1 is 1.24 bits per heavy atom. The molecule has 0 saturated heterocycles. The Kier molecular flexibility index (Phi) is 4.36. The van der Waals surface area contributed by atoms with Crippen LogP contribution >= 0.6 is 0 Å². The molecule has 0 aliphatic carbocycles. The van der Waals surface area contributed by atoms with Gasteiger partial charge in [-0.05, 0) is 29.8 Å². The number of rotatable bonds is 5. The summed E-state index contributed by atoms with van der Waals surface area (Å²) in [5.74, 6) is 0.924. The smallest absolute Gasteiger partial charge is 0.273 e. The summed E-state index contributed by atoms with van der Waals surface area (Å²) < 4.78 is 10.6. The molecule has 0 aromatic heterocycles. The fraction of sp³-hybridized carbons (Fsp3) is 0.133. The summed E-state index contributed by atoms with van der Waals surface area (Å²) in [4.78, 5) is 10.4. The fourth-order valence-electron chi connectivity index (χ4n) is 1.77. The monoisotopic (exact) mass is 284 g/mol. The molecule has 0 bridgehead atoms. The predicted octanol–water partition coefficient (Wildman–Crippen LogP) is 3.05. The predicted molar refractivity (Wildman–Crippen MR) is 75.1 cm³/mol. The zero-order valence-electron chi connectivity index (χ0n) is 11.3. The van der Waals surface area contributed by atoms with Crippen LogP contribution in [0.1, 0.15) is 11.1 Å². The molecule has 2 aromatic carbocycles. The van der Waals surface area contributed by atoms with Crippen molar-refractivity contribution in [2.75, 3.05) is 7.11 Å². The minimum Gasteiger partial charge on any atom is -0.496 e. The molecule has 2 aromatic rings. The summed E-state index contributed by atoms with van der Waals surface area (Å²) in [6.07, 6.45) is 0. The van der Waals surface area contributed by atoms with Gasteiger partial charge in [0.2, 0.25) is 0 Å². The molecule has 2 rings (SSSR count). The van der Waals surface area contributed by atoms with E-state index >= 15 is 0 Å². The van der Waals surface area contributed by atoms with Gasteiger partial charge in [0.25, 0.3) is 5.69 Å². The van der Waals surface area contributed by atoms with Gasteiger partial charge < -0.3 is 9.47 Å². The van der Waals surface area contributed by atoms with Crippen molar-refractivity contribution in [3.8, 4) is 17.6 Å². The van der Waals surface area contributed by atoms with Crippen molar-refractivity contribution in [2.45, 2.75) is 6.61 Å². The van der Waals surface area contributed by atoms with Crippen LogP contribution in [0.25, 0.3) is 0 Å². The Balaban J connectivity index is 2.17. The molecule has 0 aliphatic rings. The van der Waals surface area contributed by atoms with Crippen LogP contribution in [0.5, 0.6) is 11.5 Å². The van der Waals surface area contributed by atoms with Gasteiger partial charge in [0.1, 0.15) is 18.1 Å². The van der Waals surface area contributed by atoms with E-state index < -0.39 is 4.92 Å². The third-order valence-electron chi connectivity index (χ3n) is 2.77. The summed E-state index contributed by atoms with van der Waals surface area (Å²) >= 11 is 0. The first-order chi connectivity index (χ1) is 10.1. The lowest BCUT2D eigenvalue weighted by Gasteiger charge is -2.08. The van der Waals surface area contributed by atoms with E-state index in [2.05, 4.69) is 0 Å². The maximum Gasteiger partial charge on any atom is 0.273 e. The van der Waals surface area contributed by atoms with E-state index in [1.165, 1.54) is 19.2 Å². The molecule has 0 atom stereocenters. The first kappa shape index (κ1) is 14.3. The number of hydrogen-bond acceptors (Lipinski definition) is 5. The second-order valence-corrected chi connectivity index (χ2v) is 4.22. The van der Waals surface area contributed by atoms with Gasteiger partial charge in [-0.25, -0.2) is 0 Å². The molecule has 106 valence electrons. The van der Waals surface area contributed by atoms with Gasteiger partial charge >= 0.3 is 0 Å². The largest absolute Gasteiger partial charge is 0.496 e. The number of hydrogen-bond donors (Lipinski definition) is 0. The van der Waals surface area contributed by atoms with E-state index in [9.17, 15) is 10.1 Å². The topological polar surface area (TPSA) is 85.4 Å². The highest BCUT2D eigenvalue weighted by molar-refractivity contribution is 5.43. The quantitative estimate of drug-likeness (QED) is 0.622. The van der Waals surface area contributed by atoms with Gasteiger partial charge in [0.05, 0.1) is 29.7 Å². The van der Waals surface area contributed by atoms with Crippen LogP contribution in [0.2, 0.25) is 0 Å². The molecule has 0 heterocycles. The molecule has 0 spiro atoms. The van der Waals surface area contributed by atoms with Crippen molar-refractivity contribution in [3.05, 3.63) is 63.7 Å². The Hall–Kier alpha value is -3.07. The van der Waals surface area contributed by atoms with Gasteiger partial charge in [-0.2, -0.15) is 5.26 Å². The van der Waals surface area contributed by atoms with Gasteiger partial charge in [-0.1, -0.05) is 6.07 Å². The zero-order chi connectivity index (χ0) is 15.2. The molecule has 0 N–H and O–H groups in total. The lowest BCUT2D eigenvalue weighted by atomic mass is 10.2. The Bertz CT molecular complexity index is 707. The Morgan fingerprint density at radius 2 is 2.05 bits per heavy atom. The van der Waals surface area contributed by atoms with E-state index in [1.54, 1.807) is 30.3 Å². The van der Waals surface area contributed by atoms with Crippen molar-refractivity contribution >= 4 is 5.69 Å². The van der Waals surface area contributed by atoms with Crippen molar-refractivity contribution in [3.63, 3.8) is 0 Å². The van der Waals surface area contributed by atoms with Crippen LogP contribution < -0.4 is 9.47 Å². The maximum absolute atomic E-state index is 10.9. The number of nitro groups is 1. The van der Waals surface area contributed by atoms with E-state index in [0.717, 1.165) is 0 Å². The summed E-state index contributed by atoms with van der Waals surface area (Å²) in [5, 5.41) is 19.7. The third-order valence-corrected chi connectivity index (χ3v) is 2.77. The molecule has 0 saturated carbocycles. The van der Waals surface area contributed by atoms with Gasteiger partial charge in [0.15, 0.2) is 0 Å². The SMILES string of the molecule is COc1cc(COc2cccc(C#N)c2)cc([N+](=O)[O-])c1. The number of methoxy groups -OCH3 is 1. The second-order valence-electron chi connectivity index (χ2n) is 4.22. The van der Waals surface area contributed by atoms with Crippen LogP contribution in [0, 0.1) is 21.4 Å². The summed E-state index contributed by atoms with van der Waals surface area (Å²) in [5.41, 5.74) is 1.05. The van der Waals surface area contributed by atoms with Crippen LogP contribution in [-0.2, 0) is 6.61 Å².